The van der Waals surface area contributed by atoms with E-state index < -0.39 is 21.9 Å². The lowest BCUT2D eigenvalue weighted by Crippen LogP contribution is -2.53. The number of piperazine rings is 1. The van der Waals surface area contributed by atoms with Gasteiger partial charge in [-0.15, -0.1) is 0 Å². The van der Waals surface area contributed by atoms with Crippen LogP contribution in [0.5, 0.6) is 5.75 Å². The molecule has 0 N–H and O–H groups in total. The van der Waals surface area contributed by atoms with Gasteiger partial charge in [0.1, 0.15) is 5.75 Å². The molecule has 1 fully saturated rings. The minimum absolute atomic E-state index is 0.0579. The number of carbonyl (C=O) groups is 1. The lowest BCUT2D eigenvalue weighted by atomic mass is 10.3. The highest BCUT2D eigenvalue weighted by molar-refractivity contribution is 7.89. The van der Waals surface area contributed by atoms with Crippen molar-refractivity contribution in [3.8, 4) is 5.75 Å². The number of para-hydroxylation sites is 1. The molecule has 1 amide bonds. The molecule has 0 spiro atoms. The Morgan fingerprint density at radius 2 is 1.78 bits per heavy atom. The molecule has 10 heteroatoms. The third-order valence-corrected chi connectivity index (χ3v) is 7.44. The number of sulfonamides is 1. The number of hydrogen-bond acceptors (Lipinski definition) is 6. The number of benzene rings is 2. The molecule has 2 aromatic carbocycles. The van der Waals surface area contributed by atoms with Gasteiger partial charge in [0, 0.05) is 38.8 Å². The average molecular weight is 460 g/mol. The molecule has 170 valence electrons. The standard InChI is InChI=1S/C22H25N3O6S/c1-3-25-19-10-9-18(15-20(19)31-22(25)27)32(28,29)24-13-11-23(12-14-24)21(26)16(2)30-17-7-5-4-6-8-17/h4-10,15-16H,3,11-14H2,1-2H3/t16-/m1/s1. The predicted octanol–water partition coefficient (Wildman–Crippen LogP) is 1.91. The van der Waals surface area contributed by atoms with Gasteiger partial charge in [-0.1, -0.05) is 18.2 Å². The third-order valence-electron chi connectivity index (χ3n) is 5.55. The van der Waals surface area contributed by atoms with Gasteiger partial charge in [0.2, 0.25) is 10.0 Å². The van der Waals surface area contributed by atoms with Crippen molar-refractivity contribution in [3.05, 3.63) is 59.1 Å². The van der Waals surface area contributed by atoms with Gasteiger partial charge in [-0.25, -0.2) is 13.2 Å². The van der Waals surface area contributed by atoms with Crippen LogP contribution in [-0.2, 0) is 21.4 Å². The van der Waals surface area contributed by atoms with E-state index in [0.29, 0.717) is 17.8 Å². The number of aromatic nitrogens is 1. The molecule has 1 atom stereocenters. The van der Waals surface area contributed by atoms with Crippen molar-refractivity contribution in [2.45, 2.75) is 31.4 Å². The Labute approximate surface area is 185 Å². The molecular weight excluding hydrogens is 434 g/mol. The monoisotopic (exact) mass is 459 g/mol. The van der Waals surface area contributed by atoms with Gasteiger partial charge in [0.25, 0.3) is 5.91 Å². The largest absolute Gasteiger partial charge is 0.481 e. The van der Waals surface area contributed by atoms with E-state index in [0.717, 1.165) is 0 Å². The van der Waals surface area contributed by atoms with Crippen LogP contribution in [0.25, 0.3) is 11.1 Å². The number of ether oxygens (including phenoxy) is 1. The van der Waals surface area contributed by atoms with Crippen molar-refractivity contribution in [3.63, 3.8) is 0 Å². The number of hydrogen-bond donors (Lipinski definition) is 0. The van der Waals surface area contributed by atoms with Crippen LogP contribution in [0.15, 0.2) is 62.6 Å². The van der Waals surface area contributed by atoms with Crippen LogP contribution in [-0.4, -0.2) is 60.4 Å². The first-order valence-corrected chi connectivity index (χ1v) is 11.9. The molecule has 0 saturated carbocycles. The van der Waals surface area contributed by atoms with Crippen LogP contribution in [0.4, 0.5) is 0 Å². The van der Waals surface area contributed by atoms with E-state index in [-0.39, 0.29) is 42.6 Å². The fourth-order valence-electron chi connectivity index (χ4n) is 3.82. The van der Waals surface area contributed by atoms with Gasteiger partial charge in [-0.05, 0) is 38.1 Å². The summed E-state index contributed by atoms with van der Waals surface area (Å²) in [5.74, 6) is -0.0977. The van der Waals surface area contributed by atoms with E-state index in [1.165, 1.54) is 21.0 Å². The minimum atomic E-state index is -3.79. The maximum Gasteiger partial charge on any atom is 0.419 e. The summed E-state index contributed by atoms with van der Waals surface area (Å²) in [5.41, 5.74) is 0.790. The molecule has 1 aliphatic heterocycles. The Kier molecular flexibility index (Phi) is 6.07. The highest BCUT2D eigenvalue weighted by Gasteiger charge is 2.32. The quantitative estimate of drug-likeness (QED) is 0.558. The first kappa shape index (κ1) is 22.1. The number of aryl methyl sites for hydroxylation is 1. The van der Waals surface area contributed by atoms with E-state index in [4.69, 9.17) is 9.15 Å². The molecule has 2 heterocycles. The molecular formula is C22H25N3O6S. The Hall–Kier alpha value is -3.11. The normalized spacial score (nSPS) is 16.2. The number of nitrogens with zero attached hydrogens (tertiary/aromatic N) is 3. The molecule has 9 nitrogen and oxygen atoms in total. The third kappa shape index (κ3) is 4.15. The number of rotatable bonds is 6. The highest BCUT2D eigenvalue weighted by atomic mass is 32.2. The molecule has 0 aliphatic carbocycles. The van der Waals surface area contributed by atoms with Crippen molar-refractivity contribution in [1.82, 2.24) is 13.8 Å². The summed E-state index contributed by atoms with van der Waals surface area (Å²) in [4.78, 5) is 26.3. The molecule has 0 bridgehead atoms. The van der Waals surface area contributed by atoms with E-state index in [1.807, 2.05) is 25.1 Å². The Morgan fingerprint density at radius 1 is 1.09 bits per heavy atom. The van der Waals surface area contributed by atoms with E-state index in [2.05, 4.69) is 0 Å². The molecule has 1 aliphatic rings. The number of oxazole rings is 1. The highest BCUT2D eigenvalue weighted by Crippen LogP contribution is 2.23. The number of carbonyl (C=O) groups excluding carboxylic acids is 1. The first-order valence-electron chi connectivity index (χ1n) is 10.5. The Morgan fingerprint density at radius 3 is 2.44 bits per heavy atom. The van der Waals surface area contributed by atoms with Crippen molar-refractivity contribution in [2.24, 2.45) is 0 Å². The van der Waals surface area contributed by atoms with Crippen LogP contribution < -0.4 is 10.5 Å². The van der Waals surface area contributed by atoms with Crippen molar-refractivity contribution in [2.75, 3.05) is 26.2 Å². The molecule has 1 aromatic heterocycles. The van der Waals surface area contributed by atoms with Crippen LogP contribution in [0.3, 0.4) is 0 Å². The predicted molar refractivity (Wildman–Crippen MR) is 118 cm³/mol. The van der Waals surface area contributed by atoms with E-state index in [9.17, 15) is 18.0 Å². The fourth-order valence-corrected chi connectivity index (χ4v) is 5.25. The second kappa shape index (κ2) is 8.79. The lowest BCUT2D eigenvalue weighted by molar-refractivity contribution is -0.139. The summed E-state index contributed by atoms with van der Waals surface area (Å²) in [6.07, 6.45) is -0.673. The molecule has 0 radical (unpaired) electrons. The van der Waals surface area contributed by atoms with E-state index >= 15 is 0 Å². The van der Waals surface area contributed by atoms with Crippen molar-refractivity contribution in [1.29, 1.82) is 0 Å². The van der Waals surface area contributed by atoms with Gasteiger partial charge in [-0.2, -0.15) is 4.31 Å². The van der Waals surface area contributed by atoms with Gasteiger partial charge >= 0.3 is 5.76 Å². The molecule has 4 rings (SSSR count). The second-order valence-electron chi connectivity index (χ2n) is 7.54. The zero-order valence-electron chi connectivity index (χ0n) is 17.9. The minimum Gasteiger partial charge on any atom is -0.481 e. The van der Waals surface area contributed by atoms with Crippen molar-refractivity contribution >= 4 is 27.0 Å². The van der Waals surface area contributed by atoms with Crippen LogP contribution in [0.1, 0.15) is 13.8 Å². The lowest BCUT2D eigenvalue weighted by Gasteiger charge is -2.35. The van der Waals surface area contributed by atoms with Gasteiger partial charge in [0.05, 0.1) is 10.4 Å². The van der Waals surface area contributed by atoms with Gasteiger partial charge in [-0.3, -0.25) is 9.36 Å². The zero-order valence-corrected chi connectivity index (χ0v) is 18.7. The van der Waals surface area contributed by atoms with Gasteiger partial charge < -0.3 is 14.1 Å². The molecule has 32 heavy (non-hydrogen) atoms. The van der Waals surface area contributed by atoms with Crippen molar-refractivity contribution < 1.29 is 22.4 Å². The van der Waals surface area contributed by atoms with Crippen LogP contribution in [0, 0.1) is 0 Å². The Bertz CT molecular complexity index is 1270. The summed E-state index contributed by atoms with van der Waals surface area (Å²) in [6.45, 7) is 4.81. The number of fused-ring (bicyclic) bond motifs is 1. The second-order valence-corrected chi connectivity index (χ2v) is 9.48. The first-order chi connectivity index (χ1) is 15.3. The maximum atomic E-state index is 13.1. The SMILES string of the molecule is CCn1c(=O)oc2cc(S(=O)(=O)N3CCN(C(=O)[C@@H](C)Oc4ccccc4)CC3)ccc21. The molecule has 0 unspecified atom stereocenters. The molecule has 3 aromatic rings. The maximum absolute atomic E-state index is 13.1. The van der Waals surface area contributed by atoms with E-state index in [1.54, 1.807) is 30.0 Å². The summed E-state index contributed by atoms with van der Waals surface area (Å²) in [5, 5.41) is 0. The summed E-state index contributed by atoms with van der Waals surface area (Å²) >= 11 is 0. The molecule has 1 saturated heterocycles. The van der Waals surface area contributed by atoms with Crippen LogP contribution >= 0.6 is 0 Å². The van der Waals surface area contributed by atoms with Crippen LogP contribution in [0.2, 0.25) is 0 Å². The summed E-state index contributed by atoms with van der Waals surface area (Å²) < 4.78 is 39.9. The summed E-state index contributed by atoms with van der Waals surface area (Å²) in [6, 6.07) is 13.5. The topological polar surface area (TPSA) is 102 Å². The fraction of sp³-hybridized carbons (Fsp3) is 0.364. The van der Waals surface area contributed by atoms with Gasteiger partial charge in [0.15, 0.2) is 11.7 Å². The average Bonchev–Trinajstić information content (AvgIpc) is 3.13. The smallest absolute Gasteiger partial charge is 0.419 e. The summed E-state index contributed by atoms with van der Waals surface area (Å²) in [7, 11) is -3.79. The Balaban J connectivity index is 1.43. The zero-order chi connectivity index (χ0) is 22.9. The number of amides is 1.